The van der Waals surface area contributed by atoms with Gasteiger partial charge in [0, 0.05) is 11.1 Å². The van der Waals surface area contributed by atoms with Crippen LogP contribution < -0.4 is 14.2 Å². The Morgan fingerprint density at radius 2 is 1.68 bits per heavy atom. The highest BCUT2D eigenvalue weighted by Gasteiger charge is 2.34. The predicted molar refractivity (Wildman–Crippen MR) is 111 cm³/mol. The van der Waals surface area contributed by atoms with E-state index in [0.29, 0.717) is 17.1 Å². The average molecular weight is 419 g/mol. The Morgan fingerprint density at radius 1 is 0.935 bits per heavy atom. The van der Waals surface area contributed by atoms with Crippen molar-refractivity contribution in [2.45, 2.75) is 12.4 Å². The maximum absolute atomic E-state index is 13.0. The fourth-order valence-corrected chi connectivity index (χ4v) is 3.44. The first kappa shape index (κ1) is 19.4. The van der Waals surface area contributed by atoms with Gasteiger partial charge >= 0.3 is 0 Å². The van der Waals surface area contributed by atoms with Crippen LogP contribution in [-0.4, -0.2) is 37.0 Å². The van der Waals surface area contributed by atoms with Crippen molar-refractivity contribution in [2.75, 3.05) is 19.9 Å². The molecular formula is C24H21NO6. The zero-order valence-corrected chi connectivity index (χ0v) is 16.7. The fraction of sp³-hybridized carbons (Fsp3) is 0.208. The third-order valence-electron chi connectivity index (χ3n) is 5.00. The molecule has 0 bridgehead atoms. The number of benzene rings is 3. The number of hydroxylamine groups is 2. The summed E-state index contributed by atoms with van der Waals surface area (Å²) in [5.74, 6) is 1.78. The van der Waals surface area contributed by atoms with Crippen molar-refractivity contribution in [3.8, 4) is 17.2 Å². The molecule has 3 aromatic carbocycles. The van der Waals surface area contributed by atoms with Crippen LogP contribution in [0.5, 0.6) is 17.2 Å². The summed E-state index contributed by atoms with van der Waals surface area (Å²) in [5.41, 5.74) is 1.26. The Labute approximate surface area is 179 Å². The topological polar surface area (TPSA) is 66.5 Å². The van der Waals surface area contributed by atoms with Crippen LogP contribution in [0.2, 0.25) is 0 Å². The van der Waals surface area contributed by atoms with E-state index < -0.39 is 12.4 Å². The molecule has 2 aliphatic heterocycles. The molecule has 7 nitrogen and oxygen atoms in total. The van der Waals surface area contributed by atoms with Gasteiger partial charge < -0.3 is 18.9 Å². The van der Waals surface area contributed by atoms with Gasteiger partial charge in [0.05, 0.1) is 6.54 Å². The Kier molecular flexibility index (Phi) is 5.43. The van der Waals surface area contributed by atoms with Crippen molar-refractivity contribution in [2.24, 2.45) is 0 Å². The minimum atomic E-state index is -0.791. The highest BCUT2D eigenvalue weighted by molar-refractivity contribution is 5.93. The van der Waals surface area contributed by atoms with Crippen LogP contribution in [0.25, 0.3) is 0 Å². The number of carbonyl (C=O) groups is 1. The maximum Gasteiger partial charge on any atom is 0.277 e. The minimum Gasteiger partial charge on any atom is -0.491 e. The molecule has 3 aromatic rings. The second-order valence-corrected chi connectivity index (χ2v) is 7.16. The molecule has 1 amide bonds. The van der Waals surface area contributed by atoms with Crippen LogP contribution >= 0.6 is 0 Å². The summed E-state index contributed by atoms with van der Waals surface area (Å²) in [5, 5.41) is 1.34. The summed E-state index contributed by atoms with van der Waals surface area (Å²) in [6.07, 6.45) is -1.18. The normalized spacial score (nSPS) is 19.8. The van der Waals surface area contributed by atoms with Gasteiger partial charge in [-0.2, -0.15) is 0 Å². The van der Waals surface area contributed by atoms with E-state index in [1.165, 1.54) is 5.06 Å². The molecule has 2 heterocycles. The van der Waals surface area contributed by atoms with Crippen LogP contribution in [0.15, 0.2) is 78.9 Å². The summed E-state index contributed by atoms with van der Waals surface area (Å²) in [6, 6.07) is 23.9. The van der Waals surface area contributed by atoms with Crippen LogP contribution in [0.1, 0.15) is 22.2 Å². The average Bonchev–Trinajstić information content (AvgIpc) is 3.31. The molecule has 0 saturated carbocycles. The molecule has 0 spiro atoms. The number of fused-ring (bicyclic) bond motifs is 1. The number of nitrogens with zero attached hydrogens (tertiary/aromatic N) is 1. The summed E-state index contributed by atoms with van der Waals surface area (Å²) >= 11 is 0. The summed E-state index contributed by atoms with van der Waals surface area (Å²) in [4.78, 5) is 19.0. The van der Waals surface area contributed by atoms with Gasteiger partial charge in [0.15, 0.2) is 11.5 Å². The Hall–Kier alpha value is -3.55. The molecule has 2 unspecified atom stereocenters. The number of para-hydroxylation sites is 1. The maximum atomic E-state index is 13.0. The van der Waals surface area contributed by atoms with E-state index in [9.17, 15) is 4.79 Å². The molecule has 0 aliphatic carbocycles. The first-order valence-electron chi connectivity index (χ1n) is 10.0. The molecule has 31 heavy (non-hydrogen) atoms. The van der Waals surface area contributed by atoms with Gasteiger partial charge in [-0.05, 0) is 42.5 Å². The van der Waals surface area contributed by atoms with E-state index in [0.717, 1.165) is 11.3 Å². The van der Waals surface area contributed by atoms with Crippen molar-refractivity contribution >= 4 is 5.91 Å². The van der Waals surface area contributed by atoms with E-state index >= 15 is 0 Å². The molecule has 158 valence electrons. The summed E-state index contributed by atoms with van der Waals surface area (Å²) in [6.45, 7) is 0.686. The molecule has 2 aliphatic rings. The Morgan fingerprint density at radius 3 is 2.48 bits per heavy atom. The number of hydrogen-bond acceptors (Lipinski definition) is 6. The summed E-state index contributed by atoms with van der Waals surface area (Å²) < 4.78 is 22.9. The van der Waals surface area contributed by atoms with Crippen LogP contribution in [-0.2, 0) is 9.57 Å². The van der Waals surface area contributed by atoms with Crippen LogP contribution in [0, 0.1) is 0 Å². The van der Waals surface area contributed by atoms with Gasteiger partial charge in [0.1, 0.15) is 18.5 Å². The molecule has 5 rings (SSSR count). The van der Waals surface area contributed by atoms with Gasteiger partial charge in [-0.1, -0.05) is 36.4 Å². The summed E-state index contributed by atoms with van der Waals surface area (Å²) in [7, 11) is 0. The smallest absolute Gasteiger partial charge is 0.277 e. The lowest BCUT2D eigenvalue weighted by Crippen LogP contribution is -2.47. The molecule has 2 atom stereocenters. The van der Waals surface area contributed by atoms with Crippen molar-refractivity contribution in [3.63, 3.8) is 0 Å². The molecule has 0 radical (unpaired) electrons. The van der Waals surface area contributed by atoms with E-state index in [1.54, 1.807) is 24.3 Å². The second kappa shape index (κ2) is 8.67. The zero-order valence-electron chi connectivity index (χ0n) is 16.7. The molecule has 1 saturated heterocycles. The van der Waals surface area contributed by atoms with Crippen molar-refractivity contribution < 1.29 is 28.6 Å². The zero-order chi connectivity index (χ0) is 21.0. The van der Waals surface area contributed by atoms with Crippen molar-refractivity contribution in [1.29, 1.82) is 0 Å². The Balaban J connectivity index is 1.37. The number of carbonyl (C=O) groups excluding carboxylic acids is 1. The first-order chi connectivity index (χ1) is 15.3. The van der Waals surface area contributed by atoms with Crippen molar-refractivity contribution in [3.05, 3.63) is 90.0 Å². The van der Waals surface area contributed by atoms with Gasteiger partial charge in [-0.25, -0.2) is 9.90 Å². The van der Waals surface area contributed by atoms with Gasteiger partial charge in [0.2, 0.25) is 13.1 Å². The third kappa shape index (κ3) is 4.33. The molecule has 7 heteroatoms. The number of rotatable bonds is 5. The van der Waals surface area contributed by atoms with Crippen molar-refractivity contribution in [1.82, 2.24) is 5.06 Å². The van der Waals surface area contributed by atoms with E-state index in [4.69, 9.17) is 23.8 Å². The van der Waals surface area contributed by atoms with E-state index in [1.807, 2.05) is 54.6 Å². The van der Waals surface area contributed by atoms with E-state index in [-0.39, 0.29) is 25.9 Å². The highest BCUT2D eigenvalue weighted by Crippen LogP contribution is 2.37. The third-order valence-corrected chi connectivity index (χ3v) is 5.00. The monoisotopic (exact) mass is 419 g/mol. The van der Waals surface area contributed by atoms with Gasteiger partial charge in [-0.3, -0.25) is 4.79 Å². The number of hydrogen-bond donors (Lipinski definition) is 0. The van der Waals surface area contributed by atoms with E-state index in [2.05, 4.69) is 0 Å². The lowest BCUT2D eigenvalue weighted by molar-refractivity contribution is -0.325. The lowest BCUT2D eigenvalue weighted by atomic mass is 10.1. The van der Waals surface area contributed by atoms with Gasteiger partial charge in [-0.15, -0.1) is 0 Å². The van der Waals surface area contributed by atoms with Gasteiger partial charge in [0.25, 0.3) is 5.91 Å². The largest absolute Gasteiger partial charge is 0.491 e. The first-order valence-corrected chi connectivity index (χ1v) is 10.0. The molecule has 0 aromatic heterocycles. The quantitative estimate of drug-likeness (QED) is 0.624. The standard InChI is InChI=1S/C24H21NO6/c26-23(17-7-3-1-4-8-17)25-14-20(15-27-19-9-5-2-6-10-19)30-24(31-25)18-11-12-21-22(13-18)29-16-28-21/h1-13,20,24H,14-16H2. The lowest BCUT2D eigenvalue weighted by Gasteiger charge is -2.37. The number of amides is 1. The highest BCUT2D eigenvalue weighted by atomic mass is 16.8. The molecule has 1 fully saturated rings. The fourth-order valence-electron chi connectivity index (χ4n) is 3.44. The minimum absolute atomic E-state index is 0.178. The number of ether oxygens (including phenoxy) is 4. The Bertz CT molecular complexity index is 1040. The molecular weight excluding hydrogens is 398 g/mol. The predicted octanol–water partition coefficient (Wildman–Crippen LogP) is 3.97. The van der Waals surface area contributed by atoms with Crippen LogP contribution in [0.3, 0.4) is 0 Å². The van der Waals surface area contributed by atoms with Crippen LogP contribution in [0.4, 0.5) is 0 Å². The molecule has 0 N–H and O–H groups in total. The SMILES string of the molecule is O=C(c1ccccc1)N1CC(COc2ccccc2)OC(c2ccc3c(c2)OCO3)O1. The second-order valence-electron chi connectivity index (χ2n) is 7.16.